The van der Waals surface area contributed by atoms with Crippen LogP contribution in [0, 0.1) is 0 Å². The van der Waals surface area contributed by atoms with Gasteiger partial charge in [0, 0.05) is 12.7 Å². The van der Waals surface area contributed by atoms with Crippen molar-refractivity contribution in [1.82, 2.24) is 14.6 Å². The third-order valence-electron chi connectivity index (χ3n) is 2.88. The molecule has 0 atom stereocenters. The van der Waals surface area contributed by atoms with Gasteiger partial charge in [0.15, 0.2) is 5.65 Å². The molecular formula is C14H15N5. The molecule has 2 N–H and O–H groups in total. The third kappa shape index (κ3) is 2.49. The number of fused-ring (bicyclic) bond motifs is 1. The second-order valence-electron chi connectivity index (χ2n) is 4.22. The zero-order chi connectivity index (χ0) is 13.1. The second kappa shape index (κ2) is 4.97. The van der Waals surface area contributed by atoms with Crippen LogP contribution in [0.4, 0.5) is 11.5 Å². The summed E-state index contributed by atoms with van der Waals surface area (Å²) in [6.45, 7) is 0.688. The maximum absolute atomic E-state index is 4.51. The number of benzene rings is 1. The first-order chi connectivity index (χ1) is 9.35. The van der Waals surface area contributed by atoms with Gasteiger partial charge in [-0.1, -0.05) is 18.2 Å². The van der Waals surface area contributed by atoms with Crippen molar-refractivity contribution in [3.8, 4) is 0 Å². The van der Waals surface area contributed by atoms with Gasteiger partial charge in [-0.15, -0.1) is 0 Å². The number of rotatable bonds is 4. The van der Waals surface area contributed by atoms with E-state index in [1.165, 1.54) is 0 Å². The molecule has 5 heteroatoms. The molecule has 19 heavy (non-hydrogen) atoms. The minimum atomic E-state index is 0.688. The van der Waals surface area contributed by atoms with Gasteiger partial charge in [0.1, 0.15) is 5.82 Å². The Balaban J connectivity index is 1.78. The molecule has 0 aliphatic carbocycles. The van der Waals surface area contributed by atoms with E-state index in [0.717, 1.165) is 22.8 Å². The van der Waals surface area contributed by atoms with Crippen molar-refractivity contribution < 1.29 is 0 Å². The van der Waals surface area contributed by atoms with Crippen molar-refractivity contribution in [3.05, 3.63) is 54.4 Å². The van der Waals surface area contributed by atoms with Crippen LogP contribution in [-0.2, 0) is 6.54 Å². The quantitative estimate of drug-likeness (QED) is 0.749. The molecule has 3 aromatic rings. The highest BCUT2D eigenvalue weighted by molar-refractivity contribution is 5.48. The molecule has 5 nitrogen and oxygen atoms in total. The predicted octanol–water partition coefficient (Wildman–Crippen LogP) is 2.38. The van der Waals surface area contributed by atoms with Gasteiger partial charge in [0.05, 0.1) is 18.4 Å². The monoisotopic (exact) mass is 253 g/mol. The molecule has 0 aliphatic heterocycles. The van der Waals surface area contributed by atoms with Gasteiger partial charge in [-0.3, -0.25) is 0 Å². The Morgan fingerprint density at radius 3 is 2.74 bits per heavy atom. The fourth-order valence-electron chi connectivity index (χ4n) is 1.89. The molecule has 0 saturated carbocycles. The molecule has 0 amide bonds. The molecule has 2 heterocycles. The lowest BCUT2D eigenvalue weighted by molar-refractivity contribution is 0.866. The highest BCUT2D eigenvalue weighted by atomic mass is 15.3. The van der Waals surface area contributed by atoms with E-state index in [0.29, 0.717) is 6.54 Å². The van der Waals surface area contributed by atoms with E-state index in [4.69, 9.17) is 0 Å². The maximum atomic E-state index is 4.51. The molecule has 3 rings (SSSR count). The molecular weight excluding hydrogens is 238 g/mol. The Labute approximate surface area is 111 Å². The minimum absolute atomic E-state index is 0.688. The number of imidazole rings is 1. The van der Waals surface area contributed by atoms with Gasteiger partial charge >= 0.3 is 0 Å². The summed E-state index contributed by atoms with van der Waals surface area (Å²) in [6.07, 6.45) is 1.88. The number of anilines is 2. The molecule has 2 aromatic heterocycles. The fraction of sp³-hybridized carbons (Fsp3) is 0.143. The van der Waals surface area contributed by atoms with Crippen molar-refractivity contribution in [2.75, 3.05) is 17.7 Å². The van der Waals surface area contributed by atoms with Crippen molar-refractivity contribution in [1.29, 1.82) is 0 Å². The third-order valence-corrected chi connectivity index (χ3v) is 2.88. The number of para-hydroxylation sites is 1. The predicted molar refractivity (Wildman–Crippen MR) is 76.3 cm³/mol. The molecule has 0 aliphatic rings. The highest BCUT2D eigenvalue weighted by Gasteiger charge is 2.02. The minimum Gasteiger partial charge on any atom is -0.379 e. The van der Waals surface area contributed by atoms with Crippen LogP contribution in [-0.4, -0.2) is 21.6 Å². The van der Waals surface area contributed by atoms with Crippen LogP contribution < -0.4 is 10.6 Å². The smallest absolute Gasteiger partial charge is 0.156 e. The lowest BCUT2D eigenvalue weighted by atomic mass is 10.3. The first kappa shape index (κ1) is 11.5. The number of aromatic nitrogens is 3. The lowest BCUT2D eigenvalue weighted by Crippen LogP contribution is -2.04. The summed E-state index contributed by atoms with van der Waals surface area (Å²) in [5, 5.41) is 10.9. The van der Waals surface area contributed by atoms with Gasteiger partial charge in [-0.2, -0.15) is 5.10 Å². The Morgan fingerprint density at radius 2 is 1.95 bits per heavy atom. The van der Waals surface area contributed by atoms with E-state index in [9.17, 15) is 0 Å². The topological polar surface area (TPSA) is 54.2 Å². The molecule has 0 spiro atoms. The fourth-order valence-corrected chi connectivity index (χ4v) is 1.89. The van der Waals surface area contributed by atoms with E-state index >= 15 is 0 Å². The van der Waals surface area contributed by atoms with Crippen LogP contribution >= 0.6 is 0 Å². The second-order valence-corrected chi connectivity index (χ2v) is 4.22. The summed E-state index contributed by atoms with van der Waals surface area (Å²) in [7, 11) is 1.85. The average Bonchev–Trinajstić information content (AvgIpc) is 2.88. The van der Waals surface area contributed by atoms with Gasteiger partial charge in [-0.25, -0.2) is 9.50 Å². The van der Waals surface area contributed by atoms with E-state index in [2.05, 4.69) is 20.7 Å². The van der Waals surface area contributed by atoms with Gasteiger partial charge in [-0.05, 0) is 24.3 Å². The first-order valence-electron chi connectivity index (χ1n) is 6.17. The van der Waals surface area contributed by atoms with E-state index < -0.39 is 0 Å². The van der Waals surface area contributed by atoms with Crippen LogP contribution in [0.1, 0.15) is 5.69 Å². The Hall–Kier alpha value is -2.56. The van der Waals surface area contributed by atoms with Gasteiger partial charge < -0.3 is 10.6 Å². The van der Waals surface area contributed by atoms with Gasteiger partial charge in [0.25, 0.3) is 0 Å². The molecule has 0 unspecified atom stereocenters. The van der Waals surface area contributed by atoms with Crippen LogP contribution in [0.15, 0.2) is 48.7 Å². The summed E-state index contributed by atoms with van der Waals surface area (Å²) >= 11 is 0. The van der Waals surface area contributed by atoms with Crippen molar-refractivity contribution in [2.24, 2.45) is 0 Å². The van der Waals surface area contributed by atoms with E-state index in [1.54, 1.807) is 4.52 Å². The standard InChI is InChI=1S/C14H15N5/c1-15-13-10-19-14(17-13)8-7-12(18-19)9-16-11-5-3-2-4-6-11/h2-8,10,15-16H,9H2,1H3. The van der Waals surface area contributed by atoms with E-state index in [1.807, 2.05) is 55.7 Å². The van der Waals surface area contributed by atoms with E-state index in [-0.39, 0.29) is 0 Å². The summed E-state index contributed by atoms with van der Waals surface area (Å²) < 4.78 is 1.79. The Kier molecular flexibility index (Phi) is 3.02. The molecule has 1 aromatic carbocycles. The molecule has 0 saturated heterocycles. The zero-order valence-corrected chi connectivity index (χ0v) is 10.7. The average molecular weight is 253 g/mol. The summed E-state index contributed by atoms with van der Waals surface area (Å²) in [5.74, 6) is 0.820. The highest BCUT2D eigenvalue weighted by Crippen LogP contribution is 2.10. The number of nitrogens with zero attached hydrogens (tertiary/aromatic N) is 3. The number of hydrogen-bond donors (Lipinski definition) is 2. The van der Waals surface area contributed by atoms with Gasteiger partial charge in [0.2, 0.25) is 0 Å². The molecule has 0 fully saturated rings. The first-order valence-corrected chi connectivity index (χ1v) is 6.17. The summed E-state index contributed by atoms with van der Waals surface area (Å²) in [5.41, 5.74) is 2.90. The SMILES string of the molecule is CNc1cn2nc(CNc3ccccc3)ccc2n1. The van der Waals surface area contributed by atoms with Crippen LogP contribution in [0.5, 0.6) is 0 Å². The molecule has 96 valence electrons. The molecule has 0 radical (unpaired) electrons. The number of nitrogens with one attached hydrogen (secondary N) is 2. The Bertz CT molecular complexity index is 675. The lowest BCUT2D eigenvalue weighted by Gasteiger charge is -2.05. The summed E-state index contributed by atoms with van der Waals surface area (Å²) in [6, 6.07) is 14.0. The molecule has 0 bridgehead atoms. The summed E-state index contributed by atoms with van der Waals surface area (Å²) in [4.78, 5) is 4.36. The van der Waals surface area contributed by atoms with Crippen molar-refractivity contribution >= 4 is 17.2 Å². The largest absolute Gasteiger partial charge is 0.379 e. The van der Waals surface area contributed by atoms with Crippen molar-refractivity contribution in [2.45, 2.75) is 6.54 Å². The zero-order valence-electron chi connectivity index (χ0n) is 10.7. The maximum Gasteiger partial charge on any atom is 0.156 e. The normalized spacial score (nSPS) is 10.6. The van der Waals surface area contributed by atoms with Crippen LogP contribution in [0.25, 0.3) is 5.65 Å². The van der Waals surface area contributed by atoms with Crippen LogP contribution in [0.3, 0.4) is 0 Å². The van der Waals surface area contributed by atoms with Crippen molar-refractivity contribution in [3.63, 3.8) is 0 Å². The Morgan fingerprint density at radius 1 is 1.11 bits per heavy atom. The van der Waals surface area contributed by atoms with Crippen LogP contribution in [0.2, 0.25) is 0 Å². The number of hydrogen-bond acceptors (Lipinski definition) is 4.